The second-order valence-electron chi connectivity index (χ2n) is 4.30. The van der Waals surface area contributed by atoms with E-state index < -0.39 is 0 Å². The van der Waals surface area contributed by atoms with E-state index in [1.807, 2.05) is 18.8 Å². The van der Waals surface area contributed by atoms with E-state index in [-0.39, 0.29) is 0 Å². The van der Waals surface area contributed by atoms with E-state index in [1.54, 1.807) is 0 Å². The third-order valence-corrected chi connectivity index (χ3v) is 3.59. The minimum Gasteiger partial charge on any atom is -0.344 e. The minimum absolute atomic E-state index is 0.469. The molecule has 0 amide bonds. The molecule has 0 aromatic carbocycles. The molecule has 0 atom stereocenters. The first-order valence-electron chi connectivity index (χ1n) is 6.02. The lowest BCUT2D eigenvalue weighted by Crippen LogP contribution is -2.44. The summed E-state index contributed by atoms with van der Waals surface area (Å²) in [5, 5.41) is 0. The predicted molar refractivity (Wildman–Crippen MR) is 72.6 cm³/mol. The first kappa shape index (κ1) is 13.6. The Labute approximate surface area is 103 Å². The fourth-order valence-electron chi connectivity index (χ4n) is 1.96. The number of aliphatic imine (C=N–C) groups is 1. The fourth-order valence-corrected chi connectivity index (χ4v) is 2.42. The number of rotatable bonds is 4. The van der Waals surface area contributed by atoms with Crippen LogP contribution < -0.4 is 11.3 Å². The van der Waals surface area contributed by atoms with Crippen LogP contribution in [0.2, 0.25) is 0 Å². The van der Waals surface area contributed by atoms with Crippen molar-refractivity contribution in [2.24, 2.45) is 10.8 Å². The van der Waals surface area contributed by atoms with Gasteiger partial charge < -0.3 is 4.90 Å². The van der Waals surface area contributed by atoms with Gasteiger partial charge in [-0.25, -0.2) is 10.8 Å². The van der Waals surface area contributed by atoms with E-state index in [9.17, 15) is 0 Å². The van der Waals surface area contributed by atoms with Crippen molar-refractivity contribution >= 4 is 17.7 Å². The van der Waals surface area contributed by atoms with Crippen molar-refractivity contribution in [2.45, 2.75) is 38.1 Å². The summed E-state index contributed by atoms with van der Waals surface area (Å²) in [4.78, 5) is 6.81. The van der Waals surface area contributed by atoms with Crippen LogP contribution in [0.5, 0.6) is 0 Å². The van der Waals surface area contributed by atoms with Gasteiger partial charge in [0.2, 0.25) is 5.96 Å². The van der Waals surface area contributed by atoms with Gasteiger partial charge in [-0.3, -0.25) is 5.43 Å². The molecule has 3 N–H and O–H groups in total. The van der Waals surface area contributed by atoms with Gasteiger partial charge in [-0.15, -0.1) is 0 Å². The zero-order chi connectivity index (χ0) is 11.8. The Morgan fingerprint density at radius 1 is 1.44 bits per heavy atom. The molecule has 0 bridgehead atoms. The summed E-state index contributed by atoms with van der Waals surface area (Å²) in [6.45, 7) is 0.983. The Morgan fingerprint density at radius 2 is 2.12 bits per heavy atom. The Bertz CT molecular complexity index is 214. The van der Waals surface area contributed by atoms with Crippen LogP contribution in [0, 0.1) is 0 Å². The largest absolute Gasteiger partial charge is 0.344 e. The van der Waals surface area contributed by atoms with Gasteiger partial charge in [0.25, 0.3) is 0 Å². The molecule has 0 aromatic heterocycles. The minimum atomic E-state index is 0.469. The molecule has 0 aromatic rings. The number of hydrazine groups is 1. The molecule has 1 aliphatic rings. The van der Waals surface area contributed by atoms with Crippen LogP contribution in [-0.4, -0.2) is 42.5 Å². The monoisotopic (exact) mass is 244 g/mol. The van der Waals surface area contributed by atoms with E-state index in [0.29, 0.717) is 6.04 Å². The van der Waals surface area contributed by atoms with Gasteiger partial charge in [0.1, 0.15) is 0 Å². The highest BCUT2D eigenvalue weighted by atomic mass is 32.2. The fraction of sp³-hybridized carbons (Fsp3) is 0.909. The van der Waals surface area contributed by atoms with Crippen LogP contribution in [0.1, 0.15) is 32.1 Å². The molecule has 0 saturated heterocycles. The maximum Gasteiger partial charge on any atom is 0.208 e. The van der Waals surface area contributed by atoms with Gasteiger partial charge >= 0.3 is 0 Å². The molecule has 16 heavy (non-hydrogen) atoms. The Kier molecular flexibility index (Phi) is 6.64. The molecule has 1 fully saturated rings. The molecule has 1 rings (SSSR count). The molecule has 0 radical (unpaired) electrons. The quantitative estimate of drug-likeness (QED) is 0.340. The van der Waals surface area contributed by atoms with Gasteiger partial charge in [0.05, 0.1) is 6.04 Å². The molecule has 1 aliphatic carbocycles. The molecule has 0 unspecified atom stereocenters. The highest BCUT2D eigenvalue weighted by Gasteiger charge is 2.14. The van der Waals surface area contributed by atoms with E-state index >= 15 is 0 Å². The lowest BCUT2D eigenvalue weighted by molar-refractivity contribution is 0.429. The third kappa shape index (κ3) is 4.61. The molecule has 1 saturated carbocycles. The molecular weight excluding hydrogens is 220 g/mol. The van der Waals surface area contributed by atoms with E-state index in [0.717, 1.165) is 18.3 Å². The van der Waals surface area contributed by atoms with Crippen LogP contribution in [-0.2, 0) is 0 Å². The smallest absolute Gasteiger partial charge is 0.208 e. The summed E-state index contributed by atoms with van der Waals surface area (Å²) in [6, 6.07) is 0.469. The normalized spacial score (nSPS) is 18.6. The lowest BCUT2D eigenvalue weighted by atomic mass is 9.96. The summed E-state index contributed by atoms with van der Waals surface area (Å²) < 4.78 is 0. The molecular formula is C11H24N4S. The molecule has 5 heteroatoms. The van der Waals surface area contributed by atoms with Crippen molar-refractivity contribution < 1.29 is 0 Å². The third-order valence-electron chi connectivity index (χ3n) is 3.00. The van der Waals surface area contributed by atoms with E-state index in [1.165, 1.54) is 32.1 Å². The topological polar surface area (TPSA) is 53.6 Å². The van der Waals surface area contributed by atoms with Crippen LogP contribution in [0.15, 0.2) is 4.99 Å². The first-order valence-corrected chi connectivity index (χ1v) is 7.41. The Balaban J connectivity index is 2.46. The number of hydrogen-bond donors (Lipinski definition) is 2. The standard InChI is InChI=1S/C11H24N4S/c1-15(8-9-16-2)11(14-12)13-10-6-4-3-5-7-10/h10H,3-9,12H2,1-2H3,(H,13,14). The molecule has 94 valence electrons. The van der Waals surface area contributed by atoms with Crippen molar-refractivity contribution in [2.75, 3.05) is 25.6 Å². The van der Waals surface area contributed by atoms with Crippen molar-refractivity contribution in [3.8, 4) is 0 Å². The SMILES string of the molecule is CSCCN(C)C(=NC1CCCCC1)NN. The number of nitrogens with one attached hydrogen (secondary N) is 1. The summed E-state index contributed by atoms with van der Waals surface area (Å²) >= 11 is 1.84. The van der Waals surface area contributed by atoms with Crippen LogP contribution in [0.4, 0.5) is 0 Å². The number of hydrogen-bond acceptors (Lipinski definition) is 3. The van der Waals surface area contributed by atoms with Crippen LogP contribution >= 0.6 is 11.8 Å². The predicted octanol–water partition coefficient (Wildman–Crippen LogP) is 1.43. The number of guanidine groups is 1. The second kappa shape index (κ2) is 7.79. The average molecular weight is 244 g/mol. The number of nitrogens with two attached hydrogens (primary N) is 1. The van der Waals surface area contributed by atoms with Gasteiger partial charge in [-0.2, -0.15) is 11.8 Å². The van der Waals surface area contributed by atoms with E-state index in [2.05, 4.69) is 16.6 Å². The average Bonchev–Trinajstić information content (AvgIpc) is 2.34. The molecule has 0 heterocycles. The molecule has 4 nitrogen and oxygen atoms in total. The van der Waals surface area contributed by atoms with Crippen molar-refractivity contribution in [3.63, 3.8) is 0 Å². The van der Waals surface area contributed by atoms with Crippen LogP contribution in [0.25, 0.3) is 0 Å². The molecule has 0 aliphatic heterocycles. The zero-order valence-electron chi connectivity index (χ0n) is 10.4. The zero-order valence-corrected chi connectivity index (χ0v) is 11.2. The summed E-state index contributed by atoms with van der Waals surface area (Å²) in [5.74, 6) is 7.47. The van der Waals surface area contributed by atoms with Crippen molar-refractivity contribution in [1.82, 2.24) is 10.3 Å². The summed E-state index contributed by atoms with van der Waals surface area (Å²) in [7, 11) is 2.04. The first-order chi connectivity index (χ1) is 7.77. The number of nitrogens with zero attached hydrogens (tertiary/aromatic N) is 2. The second-order valence-corrected chi connectivity index (χ2v) is 5.29. The van der Waals surface area contributed by atoms with Crippen LogP contribution in [0.3, 0.4) is 0 Å². The van der Waals surface area contributed by atoms with Gasteiger partial charge in [-0.05, 0) is 19.1 Å². The number of thioether (sulfide) groups is 1. The highest BCUT2D eigenvalue weighted by Crippen LogP contribution is 2.20. The van der Waals surface area contributed by atoms with Crippen molar-refractivity contribution in [1.29, 1.82) is 0 Å². The Morgan fingerprint density at radius 3 is 2.69 bits per heavy atom. The maximum atomic E-state index is 5.53. The molecule has 0 spiro atoms. The van der Waals surface area contributed by atoms with Gasteiger partial charge in [0, 0.05) is 19.3 Å². The highest BCUT2D eigenvalue weighted by molar-refractivity contribution is 7.98. The van der Waals surface area contributed by atoms with Gasteiger partial charge in [-0.1, -0.05) is 19.3 Å². The van der Waals surface area contributed by atoms with Crippen molar-refractivity contribution in [3.05, 3.63) is 0 Å². The Hall–Kier alpha value is -0.420. The summed E-state index contributed by atoms with van der Waals surface area (Å²) in [6.07, 6.45) is 8.51. The van der Waals surface area contributed by atoms with E-state index in [4.69, 9.17) is 10.8 Å². The van der Waals surface area contributed by atoms with Gasteiger partial charge in [0.15, 0.2) is 0 Å². The lowest BCUT2D eigenvalue weighted by Gasteiger charge is -2.24. The summed E-state index contributed by atoms with van der Waals surface area (Å²) in [5.41, 5.74) is 2.72. The maximum absolute atomic E-state index is 5.53.